The smallest absolute Gasteiger partial charge is 0.136 e. The van der Waals surface area contributed by atoms with E-state index >= 15 is 0 Å². The van der Waals surface area contributed by atoms with Crippen molar-refractivity contribution in [3.8, 4) is 22.3 Å². The van der Waals surface area contributed by atoms with Crippen LogP contribution in [0.2, 0.25) is 0 Å². The molecule has 3 nitrogen and oxygen atoms in total. The molecule has 0 unspecified atom stereocenters. The van der Waals surface area contributed by atoms with E-state index in [1.807, 2.05) is 0 Å². The molecule has 0 bridgehead atoms. The van der Waals surface area contributed by atoms with Crippen molar-refractivity contribution in [3.05, 3.63) is 230 Å². The Morgan fingerprint density at radius 3 is 1.11 bits per heavy atom. The fourth-order valence-electron chi connectivity index (χ4n) is 9.10. The predicted octanol–water partition coefficient (Wildman–Crippen LogP) is 16.8. The number of hydrogen-bond donors (Lipinski definition) is 0. The molecule has 290 valence electrons. The number of hydrogen-bond acceptors (Lipinski definition) is 3. The minimum absolute atomic E-state index is 0.876. The van der Waals surface area contributed by atoms with Gasteiger partial charge in [0.05, 0.1) is 11.4 Å². The molecule has 0 aliphatic rings. The lowest BCUT2D eigenvalue weighted by Gasteiger charge is -2.29. The summed E-state index contributed by atoms with van der Waals surface area (Å²) in [6.07, 6.45) is 0. The van der Waals surface area contributed by atoms with Crippen molar-refractivity contribution in [1.82, 2.24) is 0 Å². The molecule has 0 N–H and O–H groups in total. The van der Waals surface area contributed by atoms with E-state index < -0.39 is 0 Å². The molecule has 11 aromatic rings. The first-order valence-electron chi connectivity index (χ1n) is 20.9. The van der Waals surface area contributed by atoms with Gasteiger partial charge in [-0.05, 0) is 130 Å². The van der Waals surface area contributed by atoms with E-state index in [9.17, 15) is 0 Å². The quantitative estimate of drug-likeness (QED) is 0.153. The molecule has 0 atom stereocenters. The summed E-state index contributed by atoms with van der Waals surface area (Å²) in [6.45, 7) is 4.40. The average Bonchev–Trinajstić information content (AvgIpc) is 3.65. The van der Waals surface area contributed by atoms with Gasteiger partial charge in [0.1, 0.15) is 11.2 Å². The number of rotatable bonds is 8. The minimum Gasteiger partial charge on any atom is -0.456 e. The van der Waals surface area contributed by atoms with Crippen molar-refractivity contribution >= 4 is 77.6 Å². The molecule has 0 aliphatic heterocycles. The molecule has 0 fully saturated rings. The van der Waals surface area contributed by atoms with Gasteiger partial charge in [-0.15, -0.1) is 0 Å². The maximum absolute atomic E-state index is 6.77. The standard InChI is InChI=1S/C58H42N2O/c1-39-17-15-27-51(41-19-7-3-8-20-41)57(39)59(47-23-11-5-12-24-47)49-31-29-43-35-53-54-36-44-30-32-50(34-46(44)38-56(54)61-55(53)37-45(43)33-49)60(48-25-13-6-14-26-48)58-40(2)18-16-28-52(58)42-21-9-4-10-22-42/h3-38H,1-2H3. The van der Waals surface area contributed by atoms with Crippen LogP contribution in [-0.2, 0) is 0 Å². The average molecular weight is 783 g/mol. The van der Waals surface area contributed by atoms with Crippen molar-refractivity contribution in [3.63, 3.8) is 0 Å². The summed E-state index contributed by atoms with van der Waals surface area (Å²) in [5.41, 5.74) is 15.6. The van der Waals surface area contributed by atoms with Crippen LogP contribution < -0.4 is 9.80 Å². The monoisotopic (exact) mass is 782 g/mol. The molecule has 1 heterocycles. The van der Waals surface area contributed by atoms with Gasteiger partial charge in [0.15, 0.2) is 0 Å². The van der Waals surface area contributed by atoms with Gasteiger partial charge in [0, 0.05) is 44.6 Å². The third-order valence-electron chi connectivity index (χ3n) is 12.0. The number of fused-ring (bicyclic) bond motifs is 5. The zero-order chi connectivity index (χ0) is 40.9. The molecule has 10 aromatic carbocycles. The number of furan rings is 1. The summed E-state index contributed by atoms with van der Waals surface area (Å²) in [5.74, 6) is 0. The lowest BCUT2D eigenvalue weighted by Crippen LogP contribution is -2.12. The van der Waals surface area contributed by atoms with Gasteiger partial charge in [-0.25, -0.2) is 0 Å². The first kappa shape index (κ1) is 36.2. The molecule has 3 heteroatoms. The van der Waals surface area contributed by atoms with Crippen LogP contribution in [0.5, 0.6) is 0 Å². The van der Waals surface area contributed by atoms with Crippen LogP contribution in [0.3, 0.4) is 0 Å². The Labute approximate surface area is 356 Å². The molecule has 0 amide bonds. The first-order chi connectivity index (χ1) is 30.1. The number of para-hydroxylation sites is 4. The second-order valence-corrected chi connectivity index (χ2v) is 15.9. The van der Waals surface area contributed by atoms with Gasteiger partial charge in [-0.1, -0.05) is 146 Å². The van der Waals surface area contributed by atoms with E-state index in [1.54, 1.807) is 0 Å². The maximum Gasteiger partial charge on any atom is 0.136 e. The molecule has 11 rings (SSSR count). The Morgan fingerprint density at radius 1 is 0.311 bits per heavy atom. The highest BCUT2D eigenvalue weighted by atomic mass is 16.3. The van der Waals surface area contributed by atoms with Gasteiger partial charge < -0.3 is 14.2 Å². The summed E-state index contributed by atoms with van der Waals surface area (Å²) in [5, 5.41) is 6.81. The van der Waals surface area contributed by atoms with Crippen LogP contribution in [0.15, 0.2) is 223 Å². The Morgan fingerprint density at radius 2 is 0.705 bits per heavy atom. The van der Waals surface area contributed by atoms with Crippen molar-refractivity contribution in [2.24, 2.45) is 0 Å². The third kappa shape index (κ3) is 6.48. The SMILES string of the molecule is Cc1cccc(-c2ccccc2)c1N(c1ccccc1)c1ccc2cc3c(cc2c1)oc1cc2cc(N(c4ccccc4)c4c(C)cccc4-c4ccccc4)ccc2cc13. The largest absolute Gasteiger partial charge is 0.456 e. The summed E-state index contributed by atoms with van der Waals surface area (Å²) in [6, 6.07) is 78.4. The van der Waals surface area contributed by atoms with Gasteiger partial charge in [-0.2, -0.15) is 0 Å². The zero-order valence-electron chi connectivity index (χ0n) is 34.1. The lowest BCUT2D eigenvalue weighted by atomic mass is 9.97. The fourth-order valence-corrected chi connectivity index (χ4v) is 9.10. The normalized spacial score (nSPS) is 11.4. The van der Waals surface area contributed by atoms with E-state index in [0.717, 1.165) is 55.5 Å². The second-order valence-electron chi connectivity index (χ2n) is 15.9. The van der Waals surface area contributed by atoms with E-state index in [4.69, 9.17) is 4.42 Å². The van der Waals surface area contributed by atoms with E-state index in [1.165, 1.54) is 55.5 Å². The van der Waals surface area contributed by atoms with Gasteiger partial charge in [0.25, 0.3) is 0 Å². The molecule has 0 aliphatic carbocycles. The summed E-state index contributed by atoms with van der Waals surface area (Å²) in [4.78, 5) is 4.78. The molecule has 0 saturated heterocycles. The van der Waals surface area contributed by atoms with Gasteiger partial charge in [0.2, 0.25) is 0 Å². The molecule has 0 saturated carbocycles. The van der Waals surface area contributed by atoms with Gasteiger partial charge >= 0.3 is 0 Å². The minimum atomic E-state index is 0.876. The van der Waals surface area contributed by atoms with Crippen molar-refractivity contribution < 1.29 is 4.42 Å². The summed E-state index contributed by atoms with van der Waals surface area (Å²) in [7, 11) is 0. The van der Waals surface area contributed by atoms with Crippen LogP contribution >= 0.6 is 0 Å². The van der Waals surface area contributed by atoms with Crippen LogP contribution in [0.1, 0.15) is 11.1 Å². The first-order valence-corrected chi connectivity index (χ1v) is 20.9. The Kier molecular flexibility index (Phi) is 8.94. The Bertz CT molecular complexity index is 3150. The zero-order valence-corrected chi connectivity index (χ0v) is 34.1. The highest BCUT2D eigenvalue weighted by Gasteiger charge is 2.22. The van der Waals surface area contributed by atoms with Crippen LogP contribution in [0.4, 0.5) is 34.1 Å². The van der Waals surface area contributed by atoms with Crippen LogP contribution in [-0.4, -0.2) is 0 Å². The highest BCUT2D eigenvalue weighted by molar-refractivity contribution is 6.14. The number of benzene rings is 10. The highest BCUT2D eigenvalue weighted by Crippen LogP contribution is 2.46. The fraction of sp³-hybridized carbons (Fsp3) is 0.0345. The van der Waals surface area contributed by atoms with Crippen LogP contribution in [0.25, 0.3) is 65.7 Å². The van der Waals surface area contributed by atoms with Gasteiger partial charge in [-0.3, -0.25) is 0 Å². The number of aryl methyl sites for hydroxylation is 2. The van der Waals surface area contributed by atoms with Crippen LogP contribution in [0, 0.1) is 13.8 Å². The molecule has 0 radical (unpaired) electrons. The Hall–Kier alpha value is -7.88. The number of nitrogens with zero attached hydrogens (tertiary/aromatic N) is 2. The molecule has 61 heavy (non-hydrogen) atoms. The van der Waals surface area contributed by atoms with E-state index in [-0.39, 0.29) is 0 Å². The predicted molar refractivity (Wildman–Crippen MR) is 258 cm³/mol. The molecular formula is C58H42N2O. The molecule has 1 aromatic heterocycles. The lowest BCUT2D eigenvalue weighted by molar-refractivity contribution is 0.670. The van der Waals surface area contributed by atoms with E-state index in [0.29, 0.717) is 0 Å². The number of anilines is 6. The molecular weight excluding hydrogens is 741 g/mol. The summed E-state index contributed by atoms with van der Waals surface area (Å²) < 4.78 is 6.77. The van der Waals surface area contributed by atoms with Crippen molar-refractivity contribution in [1.29, 1.82) is 0 Å². The van der Waals surface area contributed by atoms with Crippen molar-refractivity contribution in [2.45, 2.75) is 13.8 Å². The van der Waals surface area contributed by atoms with E-state index in [2.05, 4.69) is 242 Å². The van der Waals surface area contributed by atoms with Crippen molar-refractivity contribution in [2.75, 3.05) is 9.80 Å². The third-order valence-corrected chi connectivity index (χ3v) is 12.0. The topological polar surface area (TPSA) is 19.6 Å². The Balaban J connectivity index is 1.04. The maximum atomic E-state index is 6.77. The molecule has 0 spiro atoms. The second kappa shape index (κ2) is 15.1. The summed E-state index contributed by atoms with van der Waals surface area (Å²) >= 11 is 0.